The molecule has 0 radical (unpaired) electrons. The van der Waals surface area contributed by atoms with Crippen LogP contribution in [0.15, 0.2) is 0 Å². The lowest BCUT2D eigenvalue weighted by molar-refractivity contribution is -0.153. The Bertz CT molecular complexity index is 260. The summed E-state index contributed by atoms with van der Waals surface area (Å²) >= 11 is 0. The SMILES string of the molecule is O=C(O)C1CCCN(CC(F)(F)C(F)F)C1. The molecule has 1 fully saturated rings. The van der Waals surface area contributed by atoms with Crippen LogP contribution in [0, 0.1) is 5.92 Å². The molecule has 0 aromatic heterocycles. The van der Waals surface area contributed by atoms with Gasteiger partial charge in [-0.3, -0.25) is 9.69 Å². The highest BCUT2D eigenvalue weighted by atomic mass is 19.3. The van der Waals surface area contributed by atoms with E-state index in [1.54, 1.807) is 0 Å². The molecule has 1 unspecified atom stereocenters. The summed E-state index contributed by atoms with van der Waals surface area (Å²) in [6, 6.07) is 0. The first-order valence-corrected chi connectivity index (χ1v) is 4.94. The topological polar surface area (TPSA) is 40.5 Å². The lowest BCUT2D eigenvalue weighted by Crippen LogP contribution is -2.47. The van der Waals surface area contributed by atoms with Crippen LogP contribution in [-0.2, 0) is 4.79 Å². The van der Waals surface area contributed by atoms with Gasteiger partial charge in [0.05, 0.1) is 12.5 Å². The number of piperidine rings is 1. The fourth-order valence-electron chi connectivity index (χ4n) is 1.77. The highest BCUT2D eigenvalue weighted by molar-refractivity contribution is 5.70. The van der Waals surface area contributed by atoms with Crippen molar-refractivity contribution in [2.45, 2.75) is 25.2 Å². The number of nitrogens with zero attached hydrogens (tertiary/aromatic N) is 1. The second-order valence-electron chi connectivity index (χ2n) is 3.97. The van der Waals surface area contributed by atoms with Crippen molar-refractivity contribution in [2.75, 3.05) is 19.6 Å². The van der Waals surface area contributed by atoms with Gasteiger partial charge in [-0.25, -0.2) is 8.78 Å². The molecule has 1 heterocycles. The van der Waals surface area contributed by atoms with E-state index in [0.29, 0.717) is 12.8 Å². The molecule has 0 aliphatic carbocycles. The van der Waals surface area contributed by atoms with E-state index >= 15 is 0 Å². The Kier molecular flexibility index (Phi) is 4.12. The zero-order valence-corrected chi connectivity index (χ0v) is 8.50. The third-order valence-corrected chi connectivity index (χ3v) is 2.61. The fraction of sp³-hybridized carbons (Fsp3) is 0.889. The molecule has 1 rings (SSSR count). The molecule has 94 valence electrons. The molecule has 0 amide bonds. The van der Waals surface area contributed by atoms with Crippen LogP contribution in [0.25, 0.3) is 0 Å². The molecule has 7 heteroatoms. The highest BCUT2D eigenvalue weighted by Crippen LogP contribution is 2.26. The van der Waals surface area contributed by atoms with Gasteiger partial charge >= 0.3 is 18.3 Å². The number of hydrogen-bond donors (Lipinski definition) is 1. The molecule has 0 saturated carbocycles. The zero-order valence-electron chi connectivity index (χ0n) is 8.50. The van der Waals surface area contributed by atoms with Crippen LogP contribution >= 0.6 is 0 Å². The Labute approximate surface area is 90.0 Å². The summed E-state index contributed by atoms with van der Waals surface area (Å²) in [6.45, 7) is -0.918. The van der Waals surface area contributed by atoms with Crippen molar-refractivity contribution in [3.8, 4) is 0 Å². The molecule has 0 aromatic carbocycles. The fourth-order valence-corrected chi connectivity index (χ4v) is 1.77. The van der Waals surface area contributed by atoms with E-state index in [2.05, 4.69) is 0 Å². The number of hydrogen-bond acceptors (Lipinski definition) is 2. The van der Waals surface area contributed by atoms with Crippen molar-refractivity contribution in [3.63, 3.8) is 0 Å². The van der Waals surface area contributed by atoms with Crippen LogP contribution in [0.4, 0.5) is 17.6 Å². The molecular formula is C9H13F4NO2. The number of carboxylic acids is 1. The minimum absolute atomic E-state index is 0.0857. The van der Waals surface area contributed by atoms with E-state index in [1.165, 1.54) is 0 Å². The van der Waals surface area contributed by atoms with E-state index in [0.717, 1.165) is 4.90 Å². The van der Waals surface area contributed by atoms with Crippen molar-refractivity contribution in [2.24, 2.45) is 5.92 Å². The summed E-state index contributed by atoms with van der Waals surface area (Å²) in [6.07, 6.45) is -2.86. The van der Waals surface area contributed by atoms with E-state index in [-0.39, 0.29) is 13.1 Å². The van der Waals surface area contributed by atoms with Gasteiger partial charge in [-0.15, -0.1) is 0 Å². The smallest absolute Gasteiger partial charge is 0.319 e. The minimum Gasteiger partial charge on any atom is -0.481 e. The van der Waals surface area contributed by atoms with Gasteiger partial charge < -0.3 is 5.11 Å². The number of rotatable bonds is 4. The zero-order chi connectivity index (χ0) is 12.3. The minimum atomic E-state index is -4.07. The maximum atomic E-state index is 12.7. The number of halogens is 4. The molecule has 0 spiro atoms. The Morgan fingerprint density at radius 1 is 1.50 bits per heavy atom. The Morgan fingerprint density at radius 3 is 2.62 bits per heavy atom. The molecule has 1 aliphatic rings. The summed E-state index contributed by atoms with van der Waals surface area (Å²) in [7, 11) is 0. The van der Waals surface area contributed by atoms with Crippen LogP contribution < -0.4 is 0 Å². The Balaban J connectivity index is 2.52. The maximum Gasteiger partial charge on any atom is 0.319 e. The number of aliphatic carboxylic acids is 1. The predicted octanol–water partition coefficient (Wildman–Crippen LogP) is 1.68. The lowest BCUT2D eigenvalue weighted by Gasteiger charge is -2.32. The van der Waals surface area contributed by atoms with Crippen molar-refractivity contribution < 1.29 is 27.5 Å². The summed E-state index contributed by atoms with van der Waals surface area (Å²) in [5, 5.41) is 8.70. The number of carboxylic acid groups (broad SMARTS) is 1. The van der Waals surface area contributed by atoms with Crippen LogP contribution in [-0.4, -0.2) is 48.0 Å². The van der Waals surface area contributed by atoms with E-state index in [9.17, 15) is 22.4 Å². The molecule has 1 N–H and O–H groups in total. The monoisotopic (exact) mass is 243 g/mol. The number of likely N-dealkylation sites (tertiary alicyclic amines) is 1. The van der Waals surface area contributed by atoms with Crippen molar-refractivity contribution >= 4 is 5.97 Å². The van der Waals surface area contributed by atoms with Gasteiger partial charge in [0.1, 0.15) is 0 Å². The average molecular weight is 243 g/mol. The van der Waals surface area contributed by atoms with Gasteiger partial charge in [-0.05, 0) is 19.4 Å². The van der Waals surface area contributed by atoms with E-state index in [4.69, 9.17) is 5.11 Å². The molecule has 16 heavy (non-hydrogen) atoms. The standard InChI is InChI=1S/C9H13F4NO2/c10-8(11)9(12,13)5-14-3-1-2-6(4-14)7(15)16/h6,8H,1-5H2,(H,15,16). The van der Waals surface area contributed by atoms with Gasteiger partial charge in [0.25, 0.3) is 0 Å². The van der Waals surface area contributed by atoms with Gasteiger partial charge in [-0.2, -0.15) is 8.78 Å². The maximum absolute atomic E-state index is 12.7. The first kappa shape index (κ1) is 13.2. The van der Waals surface area contributed by atoms with Crippen molar-refractivity contribution in [1.29, 1.82) is 0 Å². The molecule has 1 saturated heterocycles. The number of alkyl halides is 4. The summed E-state index contributed by atoms with van der Waals surface area (Å²) in [5.41, 5.74) is 0. The largest absolute Gasteiger partial charge is 0.481 e. The van der Waals surface area contributed by atoms with Crippen LogP contribution in [0.2, 0.25) is 0 Å². The summed E-state index contributed by atoms with van der Waals surface area (Å²) in [5.74, 6) is -5.87. The first-order chi connectivity index (χ1) is 7.33. The molecule has 0 aromatic rings. The van der Waals surface area contributed by atoms with Crippen LogP contribution in [0.3, 0.4) is 0 Å². The first-order valence-electron chi connectivity index (χ1n) is 4.94. The molecular weight excluding hydrogens is 230 g/mol. The summed E-state index contributed by atoms with van der Waals surface area (Å²) < 4.78 is 49.3. The van der Waals surface area contributed by atoms with Crippen molar-refractivity contribution in [3.05, 3.63) is 0 Å². The van der Waals surface area contributed by atoms with Crippen molar-refractivity contribution in [1.82, 2.24) is 4.90 Å². The Morgan fingerprint density at radius 2 is 2.12 bits per heavy atom. The Hall–Kier alpha value is -0.850. The quantitative estimate of drug-likeness (QED) is 0.764. The third-order valence-electron chi connectivity index (χ3n) is 2.61. The predicted molar refractivity (Wildman–Crippen MR) is 47.8 cm³/mol. The molecule has 1 atom stereocenters. The van der Waals surface area contributed by atoms with Crippen LogP contribution in [0.1, 0.15) is 12.8 Å². The normalized spacial score (nSPS) is 23.7. The third kappa shape index (κ3) is 3.33. The van der Waals surface area contributed by atoms with Gasteiger partial charge in [0, 0.05) is 6.54 Å². The molecule has 1 aliphatic heterocycles. The van der Waals surface area contributed by atoms with Gasteiger partial charge in [-0.1, -0.05) is 0 Å². The molecule has 0 bridgehead atoms. The van der Waals surface area contributed by atoms with E-state index < -0.39 is 30.8 Å². The van der Waals surface area contributed by atoms with Gasteiger partial charge in [0.2, 0.25) is 0 Å². The lowest BCUT2D eigenvalue weighted by atomic mass is 9.98. The summed E-state index contributed by atoms with van der Waals surface area (Å²) in [4.78, 5) is 11.7. The van der Waals surface area contributed by atoms with Crippen LogP contribution in [0.5, 0.6) is 0 Å². The second kappa shape index (κ2) is 4.99. The molecule has 3 nitrogen and oxygen atoms in total. The second-order valence-corrected chi connectivity index (χ2v) is 3.97. The highest BCUT2D eigenvalue weighted by Gasteiger charge is 2.43. The van der Waals surface area contributed by atoms with Gasteiger partial charge in [0.15, 0.2) is 0 Å². The average Bonchev–Trinajstić information content (AvgIpc) is 2.17. The number of carbonyl (C=O) groups is 1. The van der Waals surface area contributed by atoms with E-state index in [1.807, 2.05) is 0 Å².